The van der Waals surface area contributed by atoms with Gasteiger partial charge >= 0.3 is 6.03 Å². The topological polar surface area (TPSA) is 68.6 Å². The molecule has 1 aliphatic carbocycles. The number of carbonyl (C=O) groups excluding carboxylic acids is 1. The van der Waals surface area contributed by atoms with Gasteiger partial charge in [-0.25, -0.2) is 9.78 Å². The average Bonchev–Trinajstić information content (AvgIpc) is 3.36. The van der Waals surface area contributed by atoms with Gasteiger partial charge in [0.15, 0.2) is 5.79 Å². The van der Waals surface area contributed by atoms with E-state index >= 15 is 0 Å². The molecule has 7 heteroatoms. The fraction of sp³-hybridized carbons (Fsp3) is 0.778. The Morgan fingerprint density at radius 2 is 2.16 bits per heavy atom. The van der Waals surface area contributed by atoms with Gasteiger partial charge in [-0.15, -0.1) is 0 Å². The highest BCUT2D eigenvalue weighted by Gasteiger charge is 2.42. The molecule has 3 heterocycles. The Hall–Kier alpha value is -1.60. The van der Waals surface area contributed by atoms with E-state index in [0.29, 0.717) is 13.2 Å². The molecule has 0 aromatic carbocycles. The summed E-state index contributed by atoms with van der Waals surface area (Å²) in [6, 6.07) is 0.246. The van der Waals surface area contributed by atoms with Crippen molar-refractivity contribution >= 4 is 6.03 Å². The van der Waals surface area contributed by atoms with Crippen LogP contribution < -0.4 is 5.32 Å². The first-order valence-electron chi connectivity index (χ1n) is 9.56. The fourth-order valence-corrected chi connectivity index (χ4v) is 4.30. The SMILES string of the molecule is O=C(NC[C@@H]1COC2(CCCCC2)O1)N1CCC[C@H]1Cn1ccnc1. The maximum atomic E-state index is 12.6. The smallest absolute Gasteiger partial charge is 0.317 e. The Labute approximate surface area is 148 Å². The Balaban J connectivity index is 1.26. The van der Waals surface area contributed by atoms with Gasteiger partial charge in [0.05, 0.1) is 19.0 Å². The van der Waals surface area contributed by atoms with Crippen LogP contribution in [0.1, 0.15) is 44.9 Å². The zero-order chi connectivity index (χ0) is 17.1. The van der Waals surface area contributed by atoms with Gasteiger partial charge in [0.1, 0.15) is 6.10 Å². The number of ether oxygens (including phenoxy) is 2. The van der Waals surface area contributed by atoms with Crippen molar-refractivity contribution in [2.75, 3.05) is 19.7 Å². The van der Waals surface area contributed by atoms with Crippen molar-refractivity contribution in [1.29, 1.82) is 0 Å². The van der Waals surface area contributed by atoms with Crippen LogP contribution in [-0.2, 0) is 16.0 Å². The molecule has 3 aliphatic rings. The Kier molecular flexibility index (Phi) is 4.94. The zero-order valence-corrected chi connectivity index (χ0v) is 14.7. The first kappa shape index (κ1) is 16.8. The van der Waals surface area contributed by atoms with E-state index in [2.05, 4.69) is 10.3 Å². The van der Waals surface area contributed by atoms with Gasteiger partial charge in [0.2, 0.25) is 0 Å². The number of hydrogen-bond acceptors (Lipinski definition) is 4. The fourth-order valence-electron chi connectivity index (χ4n) is 4.30. The van der Waals surface area contributed by atoms with Gasteiger partial charge in [-0.1, -0.05) is 6.42 Å². The van der Waals surface area contributed by atoms with Gasteiger partial charge in [-0.3, -0.25) is 0 Å². The first-order chi connectivity index (χ1) is 12.2. The summed E-state index contributed by atoms with van der Waals surface area (Å²) in [7, 11) is 0. The molecule has 0 radical (unpaired) electrons. The second-order valence-corrected chi connectivity index (χ2v) is 7.46. The number of rotatable bonds is 4. The lowest BCUT2D eigenvalue weighted by atomic mass is 9.94. The molecule has 2 saturated heterocycles. The minimum absolute atomic E-state index is 0.0100. The Bertz CT molecular complexity index is 571. The molecule has 2 atom stereocenters. The lowest BCUT2D eigenvalue weighted by Gasteiger charge is -2.32. The summed E-state index contributed by atoms with van der Waals surface area (Å²) in [5.74, 6) is -0.370. The van der Waals surface area contributed by atoms with Crippen molar-refractivity contribution < 1.29 is 14.3 Å². The minimum atomic E-state index is -0.370. The molecule has 1 spiro atoms. The second kappa shape index (κ2) is 7.33. The third kappa shape index (κ3) is 3.82. The van der Waals surface area contributed by atoms with E-state index in [-0.39, 0.29) is 24.0 Å². The molecule has 138 valence electrons. The van der Waals surface area contributed by atoms with Crippen molar-refractivity contribution in [2.24, 2.45) is 0 Å². The molecular weight excluding hydrogens is 320 g/mol. The molecular formula is C18H28N4O3. The van der Waals surface area contributed by atoms with Crippen LogP contribution in [0.4, 0.5) is 4.79 Å². The predicted molar refractivity (Wildman–Crippen MR) is 92.0 cm³/mol. The Morgan fingerprint density at radius 1 is 1.28 bits per heavy atom. The van der Waals surface area contributed by atoms with E-state index in [0.717, 1.165) is 38.8 Å². The number of carbonyl (C=O) groups is 1. The van der Waals surface area contributed by atoms with Crippen molar-refractivity contribution in [3.05, 3.63) is 18.7 Å². The monoisotopic (exact) mass is 348 g/mol. The third-order valence-corrected chi connectivity index (χ3v) is 5.63. The van der Waals surface area contributed by atoms with Crippen molar-refractivity contribution in [1.82, 2.24) is 19.8 Å². The summed E-state index contributed by atoms with van der Waals surface area (Å²) in [4.78, 5) is 18.6. The molecule has 2 amide bonds. The second-order valence-electron chi connectivity index (χ2n) is 7.46. The van der Waals surface area contributed by atoms with E-state index in [4.69, 9.17) is 9.47 Å². The summed E-state index contributed by atoms with van der Waals surface area (Å²) >= 11 is 0. The highest BCUT2D eigenvalue weighted by molar-refractivity contribution is 5.74. The summed E-state index contributed by atoms with van der Waals surface area (Å²) < 4.78 is 14.1. The standard InChI is InChI=1S/C18H28N4O3/c23-17(22-9-4-5-15(22)12-21-10-8-19-14-21)20-11-16-13-24-18(25-16)6-2-1-3-7-18/h8,10,14-16H,1-7,9,11-13H2,(H,20,23)/t15-,16+/m0/s1. The lowest BCUT2D eigenvalue weighted by molar-refractivity contribution is -0.186. The molecule has 1 aromatic heterocycles. The van der Waals surface area contributed by atoms with Crippen LogP contribution in [0.2, 0.25) is 0 Å². The number of nitrogens with one attached hydrogen (secondary N) is 1. The number of nitrogens with zero attached hydrogens (tertiary/aromatic N) is 3. The minimum Gasteiger partial charge on any atom is -0.347 e. The summed E-state index contributed by atoms with van der Waals surface area (Å²) in [6.07, 6.45) is 13.2. The van der Waals surface area contributed by atoms with Gasteiger partial charge in [0, 0.05) is 44.9 Å². The number of amides is 2. The van der Waals surface area contributed by atoms with Gasteiger partial charge in [-0.05, 0) is 25.7 Å². The normalized spacial score (nSPS) is 28.6. The summed E-state index contributed by atoms with van der Waals surface area (Å²) in [6.45, 7) is 2.73. The van der Waals surface area contributed by atoms with Crippen LogP contribution in [-0.4, -0.2) is 58.1 Å². The van der Waals surface area contributed by atoms with Crippen LogP contribution in [0, 0.1) is 0 Å². The van der Waals surface area contributed by atoms with Crippen LogP contribution >= 0.6 is 0 Å². The Morgan fingerprint density at radius 3 is 2.96 bits per heavy atom. The largest absolute Gasteiger partial charge is 0.347 e. The summed E-state index contributed by atoms with van der Waals surface area (Å²) in [5, 5.41) is 3.06. The number of aromatic nitrogens is 2. The average molecular weight is 348 g/mol. The van der Waals surface area contributed by atoms with Crippen molar-refractivity contribution in [3.8, 4) is 0 Å². The molecule has 4 rings (SSSR count). The van der Waals surface area contributed by atoms with E-state index in [1.54, 1.807) is 6.20 Å². The number of imidazole rings is 1. The third-order valence-electron chi connectivity index (χ3n) is 5.63. The maximum Gasteiger partial charge on any atom is 0.317 e. The molecule has 1 aromatic rings. The zero-order valence-electron chi connectivity index (χ0n) is 14.7. The summed E-state index contributed by atoms with van der Waals surface area (Å²) in [5.41, 5.74) is 0. The highest BCUT2D eigenvalue weighted by Crippen LogP contribution is 2.37. The van der Waals surface area contributed by atoms with E-state index in [9.17, 15) is 4.79 Å². The maximum absolute atomic E-state index is 12.6. The molecule has 25 heavy (non-hydrogen) atoms. The first-order valence-corrected chi connectivity index (χ1v) is 9.56. The molecule has 3 fully saturated rings. The molecule has 0 unspecified atom stereocenters. The molecule has 0 bridgehead atoms. The van der Waals surface area contributed by atoms with E-state index < -0.39 is 0 Å². The molecule has 1 N–H and O–H groups in total. The van der Waals surface area contributed by atoms with Crippen LogP contribution in [0.5, 0.6) is 0 Å². The van der Waals surface area contributed by atoms with Gasteiger partial charge in [-0.2, -0.15) is 0 Å². The van der Waals surface area contributed by atoms with Crippen molar-refractivity contribution in [3.63, 3.8) is 0 Å². The van der Waals surface area contributed by atoms with Crippen LogP contribution in [0.25, 0.3) is 0 Å². The van der Waals surface area contributed by atoms with Crippen LogP contribution in [0.3, 0.4) is 0 Å². The number of hydrogen-bond donors (Lipinski definition) is 1. The highest BCUT2D eigenvalue weighted by atomic mass is 16.7. The van der Waals surface area contributed by atoms with Crippen LogP contribution in [0.15, 0.2) is 18.7 Å². The number of urea groups is 1. The molecule has 1 saturated carbocycles. The van der Waals surface area contributed by atoms with Gasteiger partial charge < -0.3 is 24.3 Å². The predicted octanol–water partition coefficient (Wildman–Crippen LogP) is 2.13. The number of likely N-dealkylation sites (tertiary alicyclic amines) is 1. The van der Waals surface area contributed by atoms with E-state index in [1.807, 2.05) is 22.0 Å². The lowest BCUT2D eigenvalue weighted by Crippen LogP contribution is -2.46. The quantitative estimate of drug-likeness (QED) is 0.905. The van der Waals surface area contributed by atoms with Gasteiger partial charge in [0.25, 0.3) is 0 Å². The molecule has 7 nitrogen and oxygen atoms in total. The van der Waals surface area contributed by atoms with Crippen molar-refractivity contribution in [2.45, 2.75) is 69.4 Å². The van der Waals surface area contributed by atoms with E-state index in [1.165, 1.54) is 19.3 Å². The molecule has 2 aliphatic heterocycles.